The summed E-state index contributed by atoms with van der Waals surface area (Å²) in [5.41, 5.74) is 2.62. The number of rotatable bonds is 7. The van der Waals surface area contributed by atoms with Crippen LogP contribution in [-0.4, -0.2) is 48.4 Å². The predicted octanol–water partition coefficient (Wildman–Crippen LogP) is 3.63. The Balaban J connectivity index is 1.37. The SMILES string of the molecule is CCc1ccc(CCC(=O)N2CCN(CCc3cccs3)CC2)cc1. The van der Waals surface area contributed by atoms with Gasteiger partial charge in [0.1, 0.15) is 0 Å². The van der Waals surface area contributed by atoms with Crippen LogP contribution in [0, 0.1) is 0 Å². The number of benzene rings is 1. The van der Waals surface area contributed by atoms with Crippen LogP contribution in [0.1, 0.15) is 29.3 Å². The van der Waals surface area contributed by atoms with E-state index < -0.39 is 0 Å². The van der Waals surface area contributed by atoms with E-state index in [2.05, 4.69) is 53.6 Å². The molecule has 1 aromatic heterocycles. The van der Waals surface area contributed by atoms with Gasteiger partial charge in [0, 0.05) is 44.0 Å². The molecule has 25 heavy (non-hydrogen) atoms. The summed E-state index contributed by atoms with van der Waals surface area (Å²) in [7, 11) is 0. The normalized spacial score (nSPS) is 15.5. The van der Waals surface area contributed by atoms with Gasteiger partial charge in [-0.05, 0) is 41.8 Å². The Morgan fingerprint density at radius 2 is 1.72 bits per heavy atom. The zero-order valence-corrected chi connectivity index (χ0v) is 15.9. The molecule has 1 aliphatic rings. The zero-order chi connectivity index (χ0) is 17.5. The van der Waals surface area contributed by atoms with Crippen LogP contribution in [0.3, 0.4) is 0 Å². The fraction of sp³-hybridized carbons (Fsp3) is 0.476. The van der Waals surface area contributed by atoms with Gasteiger partial charge in [-0.3, -0.25) is 9.69 Å². The van der Waals surface area contributed by atoms with E-state index in [1.165, 1.54) is 16.0 Å². The van der Waals surface area contributed by atoms with Crippen LogP contribution in [0.5, 0.6) is 0 Å². The maximum atomic E-state index is 12.5. The fourth-order valence-electron chi connectivity index (χ4n) is 3.30. The van der Waals surface area contributed by atoms with Crippen LogP contribution in [0.25, 0.3) is 0 Å². The number of aryl methyl sites for hydroxylation is 2. The first-order chi connectivity index (χ1) is 12.2. The van der Waals surface area contributed by atoms with Crippen LogP contribution in [0.2, 0.25) is 0 Å². The first-order valence-electron chi connectivity index (χ1n) is 9.35. The van der Waals surface area contributed by atoms with Crippen molar-refractivity contribution in [2.45, 2.75) is 32.6 Å². The molecule has 0 unspecified atom stereocenters. The summed E-state index contributed by atoms with van der Waals surface area (Å²) in [5, 5.41) is 2.14. The van der Waals surface area contributed by atoms with Crippen molar-refractivity contribution >= 4 is 17.2 Å². The van der Waals surface area contributed by atoms with E-state index in [-0.39, 0.29) is 0 Å². The molecule has 0 saturated carbocycles. The highest BCUT2D eigenvalue weighted by Gasteiger charge is 2.20. The fourth-order valence-corrected chi connectivity index (χ4v) is 3.99. The van der Waals surface area contributed by atoms with Gasteiger partial charge in [-0.15, -0.1) is 11.3 Å². The summed E-state index contributed by atoms with van der Waals surface area (Å²) in [6, 6.07) is 13.0. The summed E-state index contributed by atoms with van der Waals surface area (Å²) in [5.74, 6) is 0.303. The molecule has 0 N–H and O–H groups in total. The molecule has 0 bridgehead atoms. The molecule has 2 heterocycles. The van der Waals surface area contributed by atoms with Crippen molar-refractivity contribution in [3.05, 3.63) is 57.8 Å². The summed E-state index contributed by atoms with van der Waals surface area (Å²) < 4.78 is 0. The monoisotopic (exact) mass is 356 g/mol. The van der Waals surface area contributed by atoms with Crippen molar-refractivity contribution in [1.82, 2.24) is 9.80 Å². The number of piperazine rings is 1. The van der Waals surface area contributed by atoms with Gasteiger partial charge in [0.2, 0.25) is 5.91 Å². The standard InChI is InChI=1S/C21H28N2OS/c1-2-18-5-7-19(8-6-18)9-10-21(24)23-15-13-22(14-16-23)12-11-20-4-3-17-25-20/h3-8,17H,2,9-16H2,1H3. The average molecular weight is 357 g/mol. The average Bonchev–Trinajstić information content (AvgIpc) is 3.19. The minimum atomic E-state index is 0.303. The Labute approximate surface area is 155 Å². The van der Waals surface area contributed by atoms with Crippen molar-refractivity contribution in [2.24, 2.45) is 0 Å². The van der Waals surface area contributed by atoms with Crippen LogP contribution in [0.4, 0.5) is 0 Å². The molecule has 0 aliphatic carbocycles. The molecule has 3 rings (SSSR count). The van der Waals surface area contributed by atoms with Gasteiger partial charge in [0.15, 0.2) is 0 Å². The number of carbonyl (C=O) groups is 1. The highest BCUT2D eigenvalue weighted by Crippen LogP contribution is 2.12. The number of hydrogen-bond acceptors (Lipinski definition) is 3. The van der Waals surface area contributed by atoms with E-state index in [1.54, 1.807) is 0 Å². The Bertz CT molecular complexity index is 643. The third-order valence-electron chi connectivity index (χ3n) is 5.04. The van der Waals surface area contributed by atoms with Crippen molar-refractivity contribution in [2.75, 3.05) is 32.7 Å². The number of carbonyl (C=O) groups excluding carboxylic acids is 1. The Morgan fingerprint density at radius 1 is 1.00 bits per heavy atom. The Hall–Kier alpha value is -1.65. The summed E-state index contributed by atoms with van der Waals surface area (Å²) in [6.45, 7) is 7.02. The minimum Gasteiger partial charge on any atom is -0.340 e. The van der Waals surface area contributed by atoms with Crippen LogP contribution in [0.15, 0.2) is 41.8 Å². The summed E-state index contributed by atoms with van der Waals surface area (Å²) >= 11 is 1.83. The summed E-state index contributed by atoms with van der Waals surface area (Å²) in [6.07, 6.45) is 3.66. The number of amides is 1. The van der Waals surface area contributed by atoms with Gasteiger partial charge in [0.25, 0.3) is 0 Å². The molecule has 3 nitrogen and oxygen atoms in total. The lowest BCUT2D eigenvalue weighted by atomic mass is 10.1. The minimum absolute atomic E-state index is 0.303. The lowest BCUT2D eigenvalue weighted by Crippen LogP contribution is -2.49. The van der Waals surface area contributed by atoms with Crippen LogP contribution >= 0.6 is 11.3 Å². The van der Waals surface area contributed by atoms with Gasteiger partial charge >= 0.3 is 0 Å². The van der Waals surface area contributed by atoms with E-state index in [0.717, 1.165) is 52.0 Å². The maximum Gasteiger partial charge on any atom is 0.222 e. The molecule has 1 amide bonds. The third-order valence-corrected chi connectivity index (χ3v) is 5.97. The van der Waals surface area contributed by atoms with E-state index in [4.69, 9.17) is 0 Å². The van der Waals surface area contributed by atoms with Gasteiger partial charge in [-0.2, -0.15) is 0 Å². The second-order valence-corrected chi connectivity index (χ2v) is 7.75. The molecular formula is C21H28N2OS. The first-order valence-corrected chi connectivity index (χ1v) is 10.2. The molecule has 0 radical (unpaired) electrons. The quantitative estimate of drug-likeness (QED) is 0.756. The zero-order valence-electron chi connectivity index (χ0n) is 15.1. The first kappa shape index (κ1) is 18.2. The van der Waals surface area contributed by atoms with E-state index in [9.17, 15) is 4.79 Å². The van der Waals surface area contributed by atoms with E-state index >= 15 is 0 Å². The highest BCUT2D eigenvalue weighted by atomic mass is 32.1. The number of hydrogen-bond donors (Lipinski definition) is 0. The highest BCUT2D eigenvalue weighted by molar-refractivity contribution is 7.09. The largest absolute Gasteiger partial charge is 0.340 e. The predicted molar refractivity (Wildman–Crippen MR) is 105 cm³/mol. The molecular weight excluding hydrogens is 328 g/mol. The van der Waals surface area contributed by atoms with Crippen LogP contribution in [-0.2, 0) is 24.1 Å². The molecule has 0 spiro atoms. The van der Waals surface area contributed by atoms with Crippen molar-refractivity contribution in [3.8, 4) is 0 Å². The second-order valence-electron chi connectivity index (χ2n) is 6.72. The lowest BCUT2D eigenvalue weighted by molar-refractivity contribution is -0.132. The number of nitrogens with zero attached hydrogens (tertiary/aromatic N) is 2. The van der Waals surface area contributed by atoms with Crippen molar-refractivity contribution in [3.63, 3.8) is 0 Å². The third kappa shape index (κ3) is 5.41. The van der Waals surface area contributed by atoms with Crippen LogP contribution < -0.4 is 0 Å². The molecule has 1 saturated heterocycles. The van der Waals surface area contributed by atoms with E-state index in [0.29, 0.717) is 12.3 Å². The molecule has 134 valence electrons. The molecule has 1 fully saturated rings. The van der Waals surface area contributed by atoms with Gasteiger partial charge < -0.3 is 4.90 Å². The lowest BCUT2D eigenvalue weighted by Gasteiger charge is -2.34. The molecule has 0 atom stereocenters. The smallest absolute Gasteiger partial charge is 0.222 e. The maximum absolute atomic E-state index is 12.5. The topological polar surface area (TPSA) is 23.6 Å². The molecule has 4 heteroatoms. The molecule has 1 aromatic carbocycles. The van der Waals surface area contributed by atoms with Crippen molar-refractivity contribution in [1.29, 1.82) is 0 Å². The molecule has 2 aromatic rings. The van der Waals surface area contributed by atoms with Gasteiger partial charge in [0.05, 0.1) is 0 Å². The van der Waals surface area contributed by atoms with Crippen molar-refractivity contribution < 1.29 is 4.79 Å². The Morgan fingerprint density at radius 3 is 2.36 bits per heavy atom. The second kappa shape index (κ2) is 9.16. The molecule has 1 aliphatic heterocycles. The summed E-state index contributed by atoms with van der Waals surface area (Å²) in [4.78, 5) is 18.4. The Kier molecular flexibility index (Phi) is 6.65. The van der Waals surface area contributed by atoms with E-state index in [1.807, 2.05) is 16.2 Å². The van der Waals surface area contributed by atoms with Gasteiger partial charge in [-0.1, -0.05) is 37.3 Å². The number of thiophene rings is 1. The van der Waals surface area contributed by atoms with Gasteiger partial charge in [-0.25, -0.2) is 0 Å².